The van der Waals surface area contributed by atoms with Crippen molar-refractivity contribution >= 4 is 23.7 Å². The maximum atomic E-state index is 13.1. The highest BCUT2D eigenvalue weighted by molar-refractivity contribution is 6.38. The summed E-state index contributed by atoms with van der Waals surface area (Å²) < 4.78 is 5.77. The normalized spacial score (nSPS) is 17.7. The van der Waals surface area contributed by atoms with Gasteiger partial charge in [0.25, 0.3) is 5.91 Å². The van der Waals surface area contributed by atoms with Crippen molar-refractivity contribution in [2.24, 2.45) is 5.41 Å². The van der Waals surface area contributed by atoms with E-state index < -0.39 is 35.3 Å². The van der Waals surface area contributed by atoms with Crippen molar-refractivity contribution in [1.82, 2.24) is 15.5 Å². The van der Waals surface area contributed by atoms with Crippen LogP contribution in [0, 0.1) is 5.41 Å². The Kier molecular flexibility index (Phi) is 10.9. The van der Waals surface area contributed by atoms with Gasteiger partial charge in [-0.3, -0.25) is 14.4 Å². The number of alkyl carbamates (subject to hydrolysis) is 1. The molecule has 2 N–H and O–H groups in total. The molecule has 0 radical (unpaired) electrons. The highest BCUT2D eigenvalue weighted by atomic mass is 16.6. The molecule has 0 bridgehead atoms. The third-order valence-corrected chi connectivity index (χ3v) is 7.96. The zero-order valence-electron chi connectivity index (χ0n) is 26.2. The summed E-state index contributed by atoms with van der Waals surface area (Å²) in [6.45, 7) is 14.9. The van der Waals surface area contributed by atoms with Crippen molar-refractivity contribution in [2.45, 2.75) is 97.8 Å². The molecule has 2 aromatic carbocycles. The molecule has 0 saturated carbocycles. The van der Waals surface area contributed by atoms with Gasteiger partial charge in [-0.1, -0.05) is 109 Å². The zero-order valence-corrected chi connectivity index (χ0v) is 26.2. The van der Waals surface area contributed by atoms with E-state index in [9.17, 15) is 19.2 Å². The minimum atomic E-state index is -1.00. The lowest BCUT2D eigenvalue weighted by Crippen LogP contribution is -2.49. The summed E-state index contributed by atoms with van der Waals surface area (Å²) in [4.78, 5) is 53.7. The number of unbranched alkanes of at least 4 members (excludes halogenated alkanes) is 1. The number of Topliss-reactive ketones (excluding diaryl/α,β-unsaturated/α-hetero) is 1. The van der Waals surface area contributed by atoms with E-state index in [-0.39, 0.29) is 30.3 Å². The van der Waals surface area contributed by atoms with E-state index in [0.29, 0.717) is 19.4 Å². The van der Waals surface area contributed by atoms with Crippen molar-refractivity contribution < 1.29 is 23.9 Å². The van der Waals surface area contributed by atoms with Gasteiger partial charge in [-0.2, -0.15) is 0 Å². The molecule has 3 amide bonds. The first-order chi connectivity index (χ1) is 19.7. The van der Waals surface area contributed by atoms with Gasteiger partial charge < -0.3 is 20.3 Å². The summed E-state index contributed by atoms with van der Waals surface area (Å²) in [6.07, 6.45) is 0.728. The molecule has 0 aliphatic carbocycles. The number of carbonyl (C=O) groups excluding carboxylic acids is 4. The second-order valence-electron chi connectivity index (χ2n) is 13.1. The van der Waals surface area contributed by atoms with Crippen molar-refractivity contribution in [3.8, 4) is 0 Å². The smallest absolute Gasteiger partial charge is 0.408 e. The fraction of sp³-hybridized carbons (Fsp3) is 0.529. The molecule has 0 unspecified atom stereocenters. The first-order valence-electron chi connectivity index (χ1n) is 14.9. The summed E-state index contributed by atoms with van der Waals surface area (Å²) in [7, 11) is 0. The van der Waals surface area contributed by atoms with E-state index >= 15 is 0 Å². The second kappa shape index (κ2) is 14.0. The fourth-order valence-electron chi connectivity index (χ4n) is 5.13. The van der Waals surface area contributed by atoms with Crippen LogP contribution >= 0.6 is 0 Å². The molecule has 8 heteroatoms. The first-order valence-corrected chi connectivity index (χ1v) is 14.9. The zero-order chi connectivity index (χ0) is 31.1. The van der Waals surface area contributed by atoms with E-state index in [1.54, 1.807) is 11.8 Å². The molecule has 228 valence electrons. The molecule has 2 aromatic rings. The fourth-order valence-corrected chi connectivity index (χ4v) is 5.13. The van der Waals surface area contributed by atoms with Crippen molar-refractivity contribution in [3.05, 3.63) is 71.3 Å². The molecule has 1 aliphatic rings. The lowest BCUT2D eigenvalue weighted by atomic mass is 9.86. The monoisotopic (exact) mass is 577 g/mol. The van der Waals surface area contributed by atoms with Crippen LogP contribution in [0.3, 0.4) is 0 Å². The standard InChI is InChI=1S/C34H47N3O5/c1-8-9-15-27(30(39)31(40)35-23(2)25-13-11-10-12-14-25)36-32(41)42-28-21-37(22-34(28,6)7)29(38)20-24-16-18-26(19-17-24)33(3,4)5/h10-14,16-19,23,27-28H,8-9,15,20-22H2,1-7H3,(H,35,40)(H,36,41)/t23-,27+,28+/m1/s1. The Bertz CT molecular complexity index is 1230. The van der Waals surface area contributed by atoms with Crippen LogP contribution in [0.5, 0.6) is 0 Å². The predicted molar refractivity (Wildman–Crippen MR) is 164 cm³/mol. The number of ether oxygens (including phenoxy) is 1. The van der Waals surface area contributed by atoms with Crippen LogP contribution in [0.25, 0.3) is 0 Å². The van der Waals surface area contributed by atoms with Crippen LogP contribution in [-0.4, -0.2) is 53.8 Å². The van der Waals surface area contributed by atoms with Crippen LogP contribution in [-0.2, 0) is 31.0 Å². The third-order valence-electron chi connectivity index (χ3n) is 7.96. The Balaban J connectivity index is 1.59. The average molecular weight is 578 g/mol. The molecule has 0 spiro atoms. The van der Waals surface area contributed by atoms with Crippen LogP contribution in [0.15, 0.2) is 54.6 Å². The average Bonchev–Trinajstić information content (AvgIpc) is 3.24. The highest BCUT2D eigenvalue weighted by Gasteiger charge is 2.44. The van der Waals surface area contributed by atoms with Crippen LogP contribution < -0.4 is 10.6 Å². The molecule has 3 atom stereocenters. The number of likely N-dealkylation sites (tertiary alicyclic amines) is 1. The maximum Gasteiger partial charge on any atom is 0.408 e. The molecule has 3 rings (SSSR count). The summed E-state index contributed by atoms with van der Waals surface area (Å²) in [5.41, 5.74) is 2.58. The number of amides is 3. The van der Waals surface area contributed by atoms with E-state index in [0.717, 1.165) is 17.5 Å². The van der Waals surface area contributed by atoms with Gasteiger partial charge in [0.15, 0.2) is 0 Å². The van der Waals surface area contributed by atoms with Gasteiger partial charge >= 0.3 is 6.09 Å². The topological polar surface area (TPSA) is 105 Å². The van der Waals surface area contributed by atoms with Crippen molar-refractivity contribution in [1.29, 1.82) is 0 Å². The van der Waals surface area contributed by atoms with E-state index in [1.165, 1.54) is 5.56 Å². The lowest BCUT2D eigenvalue weighted by molar-refractivity contribution is -0.139. The van der Waals surface area contributed by atoms with E-state index in [2.05, 4.69) is 43.5 Å². The lowest BCUT2D eigenvalue weighted by Gasteiger charge is -2.26. The number of hydrogen-bond acceptors (Lipinski definition) is 5. The third kappa shape index (κ3) is 8.91. The van der Waals surface area contributed by atoms with Gasteiger partial charge in [-0.05, 0) is 35.4 Å². The number of rotatable bonds is 11. The molecule has 1 fully saturated rings. The molecule has 1 saturated heterocycles. The summed E-state index contributed by atoms with van der Waals surface area (Å²) in [5, 5.41) is 5.37. The summed E-state index contributed by atoms with van der Waals surface area (Å²) in [6, 6.07) is 16.1. The molecular weight excluding hydrogens is 530 g/mol. The molecule has 42 heavy (non-hydrogen) atoms. The largest absolute Gasteiger partial charge is 0.444 e. The van der Waals surface area contributed by atoms with Crippen LogP contribution in [0.1, 0.15) is 90.5 Å². The Hall–Kier alpha value is -3.68. The molecule has 8 nitrogen and oxygen atoms in total. The number of hydrogen-bond donors (Lipinski definition) is 2. The number of carbonyl (C=O) groups is 4. The Morgan fingerprint density at radius 1 is 1.00 bits per heavy atom. The van der Waals surface area contributed by atoms with Crippen molar-refractivity contribution in [2.75, 3.05) is 13.1 Å². The van der Waals surface area contributed by atoms with Gasteiger partial charge in [-0.15, -0.1) is 0 Å². The number of nitrogens with one attached hydrogen (secondary N) is 2. The van der Waals surface area contributed by atoms with Crippen LogP contribution in [0.2, 0.25) is 0 Å². The molecule has 1 heterocycles. The molecular formula is C34H47N3O5. The number of benzene rings is 2. The first kappa shape index (κ1) is 32.8. The van der Waals surface area contributed by atoms with Gasteiger partial charge in [0.2, 0.25) is 11.7 Å². The van der Waals surface area contributed by atoms with Gasteiger partial charge in [0.05, 0.1) is 19.0 Å². The highest BCUT2D eigenvalue weighted by Crippen LogP contribution is 2.33. The van der Waals surface area contributed by atoms with Gasteiger partial charge in [0, 0.05) is 12.0 Å². The second-order valence-corrected chi connectivity index (χ2v) is 13.1. The maximum absolute atomic E-state index is 13.1. The molecule has 0 aromatic heterocycles. The predicted octanol–water partition coefficient (Wildman–Crippen LogP) is 5.50. The summed E-state index contributed by atoms with van der Waals surface area (Å²) >= 11 is 0. The van der Waals surface area contributed by atoms with Gasteiger partial charge in [0.1, 0.15) is 12.1 Å². The minimum absolute atomic E-state index is 0.0294. The van der Waals surface area contributed by atoms with Crippen molar-refractivity contribution in [3.63, 3.8) is 0 Å². The number of nitrogens with zero attached hydrogens (tertiary/aromatic N) is 1. The Labute approximate surface area is 250 Å². The van der Waals surface area contributed by atoms with Crippen LogP contribution in [0.4, 0.5) is 4.79 Å². The SMILES string of the molecule is CCCC[C@H](NC(=O)O[C@H]1CN(C(=O)Cc2ccc(C(C)(C)C)cc2)CC1(C)C)C(=O)C(=O)N[C@H](C)c1ccccc1. The molecule has 1 aliphatic heterocycles. The minimum Gasteiger partial charge on any atom is -0.444 e. The Morgan fingerprint density at radius 3 is 2.24 bits per heavy atom. The number of ketones is 1. The van der Waals surface area contributed by atoms with Gasteiger partial charge in [-0.25, -0.2) is 4.79 Å². The summed E-state index contributed by atoms with van der Waals surface area (Å²) in [5.74, 6) is -1.48. The van der Waals surface area contributed by atoms with E-state index in [4.69, 9.17) is 4.74 Å². The Morgan fingerprint density at radius 2 is 1.64 bits per heavy atom. The quantitative estimate of drug-likeness (QED) is 0.344. The van der Waals surface area contributed by atoms with E-state index in [1.807, 2.05) is 63.2 Å².